The van der Waals surface area contributed by atoms with E-state index in [1.165, 1.54) is 0 Å². The van der Waals surface area contributed by atoms with E-state index in [4.69, 9.17) is 5.84 Å². The summed E-state index contributed by atoms with van der Waals surface area (Å²) < 4.78 is 0. The molecule has 0 spiro atoms. The largest absolute Gasteiger partial charge is 0.308 e. The number of hydrazine groups is 1. The Kier molecular flexibility index (Phi) is 4.68. The van der Waals surface area contributed by atoms with Crippen LogP contribution in [0.5, 0.6) is 0 Å². The van der Waals surface area contributed by atoms with Gasteiger partial charge in [0.05, 0.1) is 11.9 Å². The molecular weight excluding hydrogens is 258 g/mol. The molecule has 0 aliphatic heterocycles. The van der Waals surface area contributed by atoms with Crippen LogP contribution in [0.3, 0.4) is 0 Å². The van der Waals surface area contributed by atoms with Crippen molar-refractivity contribution in [3.8, 4) is 0 Å². The molecule has 6 heteroatoms. The third-order valence-electron chi connectivity index (χ3n) is 3.47. The van der Waals surface area contributed by atoms with Gasteiger partial charge in [-0.3, -0.25) is 4.90 Å². The number of hydrogen-bond acceptors (Lipinski definition) is 6. The first-order valence-electron chi connectivity index (χ1n) is 6.64. The van der Waals surface area contributed by atoms with Crippen LogP contribution in [-0.4, -0.2) is 27.5 Å². The van der Waals surface area contributed by atoms with E-state index in [0.717, 1.165) is 35.6 Å². The van der Waals surface area contributed by atoms with Crippen molar-refractivity contribution >= 4 is 27.4 Å². The van der Waals surface area contributed by atoms with Crippen LogP contribution < -0.4 is 11.3 Å². The van der Waals surface area contributed by atoms with Gasteiger partial charge < -0.3 is 5.43 Å². The molecule has 0 saturated heterocycles. The molecule has 0 aliphatic rings. The minimum absolute atomic E-state index is 0.530. The van der Waals surface area contributed by atoms with Crippen molar-refractivity contribution in [2.45, 2.75) is 39.8 Å². The minimum Gasteiger partial charge on any atom is -0.308 e. The second-order valence-electron chi connectivity index (χ2n) is 4.59. The van der Waals surface area contributed by atoms with Crippen LogP contribution in [0.2, 0.25) is 0 Å². The molecule has 1 unspecified atom stereocenters. The maximum atomic E-state index is 5.54. The van der Waals surface area contributed by atoms with Crippen LogP contribution in [0, 0.1) is 0 Å². The Morgan fingerprint density at radius 1 is 1.42 bits per heavy atom. The molecule has 2 heterocycles. The van der Waals surface area contributed by atoms with E-state index in [-0.39, 0.29) is 0 Å². The number of nitrogens with one attached hydrogen (secondary N) is 1. The maximum absolute atomic E-state index is 5.54. The summed E-state index contributed by atoms with van der Waals surface area (Å²) in [7, 11) is 0. The second kappa shape index (κ2) is 6.27. The molecule has 0 radical (unpaired) electrons. The van der Waals surface area contributed by atoms with Gasteiger partial charge in [0.25, 0.3) is 0 Å². The summed E-state index contributed by atoms with van der Waals surface area (Å²) in [4.78, 5) is 12.5. The lowest BCUT2D eigenvalue weighted by molar-refractivity contribution is 0.201. The van der Waals surface area contributed by atoms with Crippen LogP contribution in [0.25, 0.3) is 10.2 Å². The fourth-order valence-electron chi connectivity index (χ4n) is 2.10. The lowest BCUT2D eigenvalue weighted by Gasteiger charge is -2.26. The van der Waals surface area contributed by atoms with Crippen LogP contribution in [0.15, 0.2) is 11.4 Å². The molecule has 0 saturated carbocycles. The average Bonchev–Trinajstić information content (AvgIpc) is 2.91. The highest BCUT2D eigenvalue weighted by molar-refractivity contribution is 7.16. The van der Waals surface area contributed by atoms with Gasteiger partial charge >= 0.3 is 0 Å². The van der Waals surface area contributed by atoms with Crippen LogP contribution in [0.4, 0.5) is 5.82 Å². The summed E-state index contributed by atoms with van der Waals surface area (Å²) in [6, 6.07) is 2.52. The predicted octanol–water partition coefficient (Wildman–Crippen LogP) is 2.60. The molecule has 0 aliphatic carbocycles. The molecule has 0 amide bonds. The highest BCUT2D eigenvalue weighted by Crippen LogP contribution is 2.24. The lowest BCUT2D eigenvalue weighted by atomic mass is 10.2. The fraction of sp³-hybridized carbons (Fsp3) is 0.538. The molecular formula is C13H21N5S. The second-order valence-corrected chi connectivity index (χ2v) is 5.49. The summed E-state index contributed by atoms with van der Waals surface area (Å²) in [5.41, 5.74) is 2.67. The Hall–Kier alpha value is -1.24. The topological polar surface area (TPSA) is 67.1 Å². The first-order chi connectivity index (χ1) is 9.19. The molecule has 5 nitrogen and oxygen atoms in total. The number of hydrogen-bond donors (Lipinski definition) is 2. The van der Waals surface area contributed by atoms with Crippen molar-refractivity contribution in [2.24, 2.45) is 5.84 Å². The van der Waals surface area contributed by atoms with Gasteiger partial charge in [-0.2, -0.15) is 0 Å². The zero-order valence-corrected chi connectivity index (χ0v) is 12.5. The zero-order chi connectivity index (χ0) is 13.8. The van der Waals surface area contributed by atoms with E-state index < -0.39 is 0 Å². The van der Waals surface area contributed by atoms with Gasteiger partial charge in [0, 0.05) is 6.04 Å². The molecule has 1 atom stereocenters. The number of aromatic nitrogens is 2. The standard InChI is InChI=1S/C13H21N5S/c1-4-9(3)18(5-2)8-11-15-12(17-14)10-6-7-19-13(10)16-11/h6-7,9H,4-5,8,14H2,1-3H3,(H,15,16,17). The molecule has 0 aromatic carbocycles. The number of fused-ring (bicyclic) bond motifs is 1. The quantitative estimate of drug-likeness (QED) is 0.628. The normalized spacial score (nSPS) is 13.1. The highest BCUT2D eigenvalue weighted by atomic mass is 32.1. The average molecular weight is 279 g/mol. The van der Waals surface area contributed by atoms with Gasteiger partial charge in [0.2, 0.25) is 0 Å². The van der Waals surface area contributed by atoms with Crippen LogP contribution >= 0.6 is 11.3 Å². The smallest absolute Gasteiger partial charge is 0.152 e. The third-order valence-corrected chi connectivity index (χ3v) is 4.28. The number of anilines is 1. The Bertz CT molecular complexity index is 539. The summed E-state index contributed by atoms with van der Waals surface area (Å²) >= 11 is 1.61. The Labute approximate surface area is 117 Å². The van der Waals surface area contributed by atoms with E-state index >= 15 is 0 Å². The molecule has 104 valence electrons. The monoisotopic (exact) mass is 279 g/mol. The molecule has 2 aromatic rings. The van der Waals surface area contributed by atoms with Crippen molar-refractivity contribution < 1.29 is 0 Å². The molecule has 0 bridgehead atoms. The van der Waals surface area contributed by atoms with Crippen molar-refractivity contribution in [3.63, 3.8) is 0 Å². The first-order valence-corrected chi connectivity index (χ1v) is 7.52. The van der Waals surface area contributed by atoms with Crippen molar-refractivity contribution in [2.75, 3.05) is 12.0 Å². The first kappa shape index (κ1) is 14.2. The van der Waals surface area contributed by atoms with Crippen molar-refractivity contribution in [1.82, 2.24) is 14.9 Å². The van der Waals surface area contributed by atoms with E-state index in [1.807, 2.05) is 11.4 Å². The van der Waals surface area contributed by atoms with Gasteiger partial charge in [-0.1, -0.05) is 13.8 Å². The van der Waals surface area contributed by atoms with E-state index in [1.54, 1.807) is 11.3 Å². The number of nitrogen functional groups attached to an aromatic ring is 1. The van der Waals surface area contributed by atoms with Gasteiger partial charge in [-0.15, -0.1) is 11.3 Å². The summed E-state index contributed by atoms with van der Waals surface area (Å²) in [6.07, 6.45) is 1.12. The van der Waals surface area contributed by atoms with Gasteiger partial charge in [-0.05, 0) is 31.3 Å². The van der Waals surface area contributed by atoms with E-state index in [9.17, 15) is 0 Å². The maximum Gasteiger partial charge on any atom is 0.152 e. The van der Waals surface area contributed by atoms with Crippen LogP contribution in [-0.2, 0) is 6.54 Å². The molecule has 3 N–H and O–H groups in total. The molecule has 2 rings (SSSR count). The number of rotatable bonds is 6. The SMILES string of the molecule is CCC(C)N(CC)Cc1nc(NN)c2ccsc2n1. The van der Waals surface area contributed by atoms with Gasteiger partial charge in [0.1, 0.15) is 10.7 Å². The fourth-order valence-corrected chi connectivity index (χ4v) is 2.88. The molecule has 19 heavy (non-hydrogen) atoms. The number of nitrogens with two attached hydrogens (primary N) is 1. The number of nitrogens with zero attached hydrogens (tertiary/aromatic N) is 3. The Morgan fingerprint density at radius 2 is 2.21 bits per heavy atom. The number of thiophene rings is 1. The summed E-state index contributed by atoms with van der Waals surface area (Å²) in [5, 5.41) is 3.00. The van der Waals surface area contributed by atoms with Gasteiger partial charge in [0.15, 0.2) is 5.82 Å². The highest BCUT2D eigenvalue weighted by Gasteiger charge is 2.14. The van der Waals surface area contributed by atoms with Gasteiger partial charge in [-0.25, -0.2) is 15.8 Å². The Balaban J connectivity index is 2.29. The Morgan fingerprint density at radius 3 is 2.84 bits per heavy atom. The van der Waals surface area contributed by atoms with E-state index in [2.05, 4.69) is 41.1 Å². The van der Waals surface area contributed by atoms with Crippen LogP contribution in [0.1, 0.15) is 33.0 Å². The third kappa shape index (κ3) is 3.02. The minimum atomic E-state index is 0.530. The van der Waals surface area contributed by atoms with E-state index in [0.29, 0.717) is 11.9 Å². The van der Waals surface area contributed by atoms with Crippen molar-refractivity contribution in [1.29, 1.82) is 0 Å². The predicted molar refractivity (Wildman–Crippen MR) is 81.1 cm³/mol. The molecule has 2 aromatic heterocycles. The zero-order valence-electron chi connectivity index (χ0n) is 11.7. The summed E-state index contributed by atoms with van der Waals surface area (Å²) in [5.74, 6) is 7.08. The lowest BCUT2D eigenvalue weighted by Crippen LogP contribution is -2.32. The summed E-state index contributed by atoms with van der Waals surface area (Å²) in [6.45, 7) is 8.34. The van der Waals surface area contributed by atoms with Crippen molar-refractivity contribution in [3.05, 3.63) is 17.3 Å². The molecule has 0 fully saturated rings.